The minimum atomic E-state index is 0.177. The Balaban J connectivity index is 1.28. The lowest BCUT2D eigenvalue weighted by molar-refractivity contribution is 0.122. The molecule has 2 aliphatic rings. The van der Waals surface area contributed by atoms with Gasteiger partial charge in [-0.05, 0) is 38.7 Å². The van der Waals surface area contributed by atoms with Gasteiger partial charge in [0.25, 0.3) is 0 Å². The summed E-state index contributed by atoms with van der Waals surface area (Å²) in [6, 6.07) is 4.64. The van der Waals surface area contributed by atoms with Gasteiger partial charge in [-0.1, -0.05) is 0 Å². The van der Waals surface area contributed by atoms with Gasteiger partial charge in [0.15, 0.2) is 0 Å². The standard InChI is InChI=1S/C23H28N6O2/c1-16-21(14-24-15-27-16)28-17-2-4-19(5-3-17)31-22-13-18(29-8-10-30-11-9-29)12-20-23(22)26-7-6-25-20/h6-7,12-15,17,19,28H,2-5,8-11H2,1H3. The van der Waals surface area contributed by atoms with Crippen LogP contribution in [0.15, 0.2) is 37.1 Å². The number of aromatic nitrogens is 4. The lowest BCUT2D eigenvalue weighted by Gasteiger charge is -2.32. The SMILES string of the molecule is Cc1ncncc1NC1CCC(Oc2cc(N3CCOCC3)cc3nccnc23)CC1. The van der Waals surface area contributed by atoms with Crippen molar-refractivity contribution < 1.29 is 9.47 Å². The summed E-state index contributed by atoms with van der Waals surface area (Å²) in [5.74, 6) is 0.829. The number of fused-ring (bicyclic) bond motifs is 1. The first-order valence-electron chi connectivity index (χ1n) is 11.0. The zero-order valence-electron chi connectivity index (χ0n) is 17.8. The number of benzene rings is 1. The first-order valence-corrected chi connectivity index (χ1v) is 11.0. The molecule has 1 N–H and O–H groups in total. The number of rotatable bonds is 5. The van der Waals surface area contributed by atoms with Gasteiger partial charge in [-0.25, -0.2) is 15.0 Å². The van der Waals surface area contributed by atoms with Crippen LogP contribution in [0.25, 0.3) is 11.0 Å². The Morgan fingerprint density at radius 3 is 2.65 bits per heavy atom. The van der Waals surface area contributed by atoms with E-state index in [4.69, 9.17) is 9.47 Å². The van der Waals surface area contributed by atoms with E-state index in [0.29, 0.717) is 6.04 Å². The second-order valence-electron chi connectivity index (χ2n) is 8.23. The van der Waals surface area contributed by atoms with Crippen molar-refractivity contribution in [3.05, 3.63) is 42.7 Å². The molecule has 8 heteroatoms. The van der Waals surface area contributed by atoms with Crippen molar-refractivity contribution in [3.8, 4) is 5.75 Å². The van der Waals surface area contributed by atoms with Crippen LogP contribution in [0.2, 0.25) is 0 Å². The van der Waals surface area contributed by atoms with Crippen LogP contribution in [-0.2, 0) is 4.74 Å². The Morgan fingerprint density at radius 2 is 1.84 bits per heavy atom. The summed E-state index contributed by atoms with van der Waals surface area (Å²) in [4.78, 5) is 19.8. The van der Waals surface area contributed by atoms with Crippen molar-refractivity contribution in [2.45, 2.75) is 44.8 Å². The predicted octanol–water partition coefficient (Wildman–Crippen LogP) is 3.37. The molecule has 8 nitrogen and oxygen atoms in total. The van der Waals surface area contributed by atoms with Gasteiger partial charge >= 0.3 is 0 Å². The van der Waals surface area contributed by atoms with Gasteiger partial charge < -0.3 is 19.7 Å². The molecule has 5 rings (SSSR count). The van der Waals surface area contributed by atoms with E-state index in [1.165, 1.54) is 0 Å². The second-order valence-corrected chi connectivity index (χ2v) is 8.23. The quantitative estimate of drug-likeness (QED) is 0.673. The third-order valence-electron chi connectivity index (χ3n) is 6.14. The topological polar surface area (TPSA) is 85.3 Å². The fourth-order valence-electron chi connectivity index (χ4n) is 4.38. The van der Waals surface area contributed by atoms with Crippen LogP contribution >= 0.6 is 0 Å². The van der Waals surface area contributed by atoms with Crippen LogP contribution in [0.3, 0.4) is 0 Å². The molecule has 2 fully saturated rings. The normalized spacial score (nSPS) is 21.8. The molecule has 0 unspecified atom stereocenters. The van der Waals surface area contributed by atoms with Gasteiger partial charge in [-0.15, -0.1) is 0 Å². The average molecular weight is 421 g/mol. The zero-order chi connectivity index (χ0) is 21.0. The Labute approximate surface area is 182 Å². The first kappa shape index (κ1) is 19.9. The largest absolute Gasteiger partial charge is 0.488 e. The maximum absolute atomic E-state index is 6.51. The van der Waals surface area contributed by atoms with E-state index in [-0.39, 0.29) is 6.10 Å². The predicted molar refractivity (Wildman–Crippen MR) is 120 cm³/mol. The molecule has 162 valence electrons. The number of nitrogens with zero attached hydrogens (tertiary/aromatic N) is 5. The fraction of sp³-hybridized carbons (Fsp3) is 0.478. The average Bonchev–Trinajstić information content (AvgIpc) is 2.82. The Bertz CT molecular complexity index is 1030. The highest BCUT2D eigenvalue weighted by molar-refractivity contribution is 5.85. The molecule has 3 aromatic rings. The molecule has 1 saturated carbocycles. The van der Waals surface area contributed by atoms with Gasteiger partial charge in [-0.3, -0.25) is 4.98 Å². The zero-order valence-corrected chi connectivity index (χ0v) is 17.8. The molecule has 31 heavy (non-hydrogen) atoms. The maximum Gasteiger partial charge on any atom is 0.149 e. The summed E-state index contributed by atoms with van der Waals surface area (Å²) in [6.45, 7) is 5.26. The van der Waals surface area contributed by atoms with Crippen LogP contribution in [-0.4, -0.2) is 58.4 Å². The lowest BCUT2D eigenvalue weighted by atomic mass is 9.92. The fourth-order valence-corrected chi connectivity index (χ4v) is 4.38. The molecule has 3 heterocycles. The Kier molecular flexibility index (Phi) is 5.80. The summed E-state index contributed by atoms with van der Waals surface area (Å²) < 4.78 is 12.0. The number of ether oxygens (including phenoxy) is 2. The van der Waals surface area contributed by atoms with Gasteiger partial charge in [0, 0.05) is 43.3 Å². The number of nitrogens with one attached hydrogen (secondary N) is 1. The number of hydrogen-bond donors (Lipinski definition) is 1. The molecular weight excluding hydrogens is 392 g/mol. The molecule has 2 aromatic heterocycles. The molecule has 1 aliphatic heterocycles. The lowest BCUT2D eigenvalue weighted by Crippen LogP contribution is -2.36. The van der Waals surface area contributed by atoms with Gasteiger partial charge in [-0.2, -0.15) is 0 Å². The van der Waals surface area contributed by atoms with Crippen LogP contribution in [0, 0.1) is 6.92 Å². The van der Waals surface area contributed by atoms with Gasteiger partial charge in [0.2, 0.25) is 0 Å². The van der Waals surface area contributed by atoms with Crippen molar-refractivity contribution in [1.29, 1.82) is 0 Å². The third kappa shape index (κ3) is 4.54. The van der Waals surface area contributed by atoms with E-state index in [9.17, 15) is 0 Å². The van der Waals surface area contributed by atoms with E-state index < -0.39 is 0 Å². The number of aryl methyl sites for hydroxylation is 1. The molecule has 0 radical (unpaired) electrons. The monoisotopic (exact) mass is 420 g/mol. The smallest absolute Gasteiger partial charge is 0.149 e. The van der Waals surface area contributed by atoms with E-state index in [1.54, 1.807) is 18.7 Å². The summed E-state index contributed by atoms with van der Waals surface area (Å²) in [6.07, 6.45) is 11.2. The summed E-state index contributed by atoms with van der Waals surface area (Å²) >= 11 is 0. The van der Waals surface area contributed by atoms with Crippen molar-refractivity contribution in [2.75, 3.05) is 36.5 Å². The van der Waals surface area contributed by atoms with E-state index in [1.807, 2.05) is 13.1 Å². The van der Waals surface area contributed by atoms with Crippen molar-refractivity contribution in [1.82, 2.24) is 19.9 Å². The minimum absolute atomic E-state index is 0.177. The maximum atomic E-state index is 6.51. The Morgan fingerprint density at radius 1 is 1.03 bits per heavy atom. The summed E-state index contributed by atoms with van der Waals surface area (Å²) in [5.41, 5.74) is 4.83. The highest BCUT2D eigenvalue weighted by Crippen LogP contribution is 2.33. The van der Waals surface area contributed by atoms with Gasteiger partial charge in [0.05, 0.1) is 42.4 Å². The number of hydrogen-bond acceptors (Lipinski definition) is 8. The number of anilines is 2. The molecular formula is C23H28N6O2. The second kappa shape index (κ2) is 9.01. The van der Waals surface area contributed by atoms with Gasteiger partial charge in [0.1, 0.15) is 17.6 Å². The van der Waals surface area contributed by atoms with E-state index in [2.05, 4.69) is 42.3 Å². The van der Waals surface area contributed by atoms with E-state index >= 15 is 0 Å². The molecule has 1 saturated heterocycles. The molecule has 1 aromatic carbocycles. The van der Waals surface area contributed by atoms with E-state index in [0.717, 1.165) is 85.8 Å². The van der Waals surface area contributed by atoms with Crippen LogP contribution < -0.4 is 15.0 Å². The molecule has 0 atom stereocenters. The third-order valence-corrected chi connectivity index (χ3v) is 6.14. The molecule has 0 bridgehead atoms. The van der Waals surface area contributed by atoms with Crippen molar-refractivity contribution in [3.63, 3.8) is 0 Å². The summed E-state index contributed by atoms with van der Waals surface area (Å²) in [5, 5.41) is 3.59. The molecule has 1 aliphatic carbocycles. The Hall–Kier alpha value is -3.00. The molecule has 0 amide bonds. The minimum Gasteiger partial charge on any atom is -0.488 e. The van der Waals surface area contributed by atoms with Crippen LogP contribution in [0.5, 0.6) is 5.75 Å². The highest BCUT2D eigenvalue weighted by Gasteiger charge is 2.24. The summed E-state index contributed by atoms with van der Waals surface area (Å²) in [7, 11) is 0. The molecule has 0 spiro atoms. The van der Waals surface area contributed by atoms with Crippen molar-refractivity contribution in [2.24, 2.45) is 0 Å². The highest BCUT2D eigenvalue weighted by atomic mass is 16.5. The first-order chi connectivity index (χ1) is 15.3. The van der Waals surface area contributed by atoms with Crippen LogP contribution in [0.4, 0.5) is 11.4 Å². The van der Waals surface area contributed by atoms with Crippen molar-refractivity contribution >= 4 is 22.4 Å². The van der Waals surface area contributed by atoms with Crippen LogP contribution in [0.1, 0.15) is 31.4 Å². The number of morpholine rings is 1.